The van der Waals surface area contributed by atoms with Crippen molar-refractivity contribution >= 4 is 11.6 Å². The van der Waals surface area contributed by atoms with Crippen LogP contribution in [0, 0.1) is 0 Å². The monoisotopic (exact) mass is 371 g/mol. The van der Waals surface area contributed by atoms with Crippen molar-refractivity contribution in [2.45, 2.75) is 18.9 Å². The number of carbonyl (C=O) groups is 1. The molecule has 0 saturated carbocycles. The first-order valence-electron chi connectivity index (χ1n) is 9.05. The van der Waals surface area contributed by atoms with Crippen LogP contribution in [0.5, 0.6) is 11.8 Å². The predicted molar refractivity (Wildman–Crippen MR) is 102 cm³/mol. The molecule has 1 aliphatic rings. The van der Waals surface area contributed by atoms with Gasteiger partial charge in [0.05, 0.1) is 17.9 Å². The van der Waals surface area contributed by atoms with Crippen molar-refractivity contribution in [1.29, 1.82) is 0 Å². The van der Waals surface area contributed by atoms with Gasteiger partial charge in [-0.25, -0.2) is 15.0 Å². The van der Waals surface area contributed by atoms with E-state index >= 15 is 0 Å². The molecule has 0 unspecified atom stereocenters. The molecule has 4 aromatic rings. The highest BCUT2D eigenvalue weighted by molar-refractivity contribution is 5.78. The fraction of sp³-hybridized carbons (Fsp3) is 0.143. The predicted octanol–water partition coefficient (Wildman–Crippen LogP) is 3.07. The number of carbonyl (C=O) groups excluding carboxylic acids is 1. The van der Waals surface area contributed by atoms with Crippen LogP contribution in [-0.4, -0.2) is 25.3 Å². The fourth-order valence-electron chi connectivity index (χ4n) is 3.59. The Morgan fingerprint density at radius 3 is 2.68 bits per heavy atom. The molecule has 28 heavy (non-hydrogen) atoms. The molecule has 7 nitrogen and oxygen atoms in total. The van der Waals surface area contributed by atoms with Crippen LogP contribution in [0.3, 0.4) is 0 Å². The van der Waals surface area contributed by atoms with Gasteiger partial charge in [0.15, 0.2) is 0 Å². The lowest BCUT2D eigenvalue weighted by molar-refractivity contribution is -0.121. The molecule has 0 saturated heterocycles. The Balaban J connectivity index is 1.52. The molecular formula is C21H17N5O2. The summed E-state index contributed by atoms with van der Waals surface area (Å²) in [6.07, 6.45) is 5.63. The summed E-state index contributed by atoms with van der Waals surface area (Å²) in [5.41, 5.74) is 3.87. The third kappa shape index (κ3) is 2.96. The molecule has 5 rings (SSSR count). The van der Waals surface area contributed by atoms with Crippen molar-refractivity contribution in [2.75, 3.05) is 0 Å². The number of nitrogens with zero attached hydrogens (tertiary/aromatic N) is 4. The number of benzene rings is 1. The first-order valence-corrected chi connectivity index (χ1v) is 9.05. The molecule has 1 amide bonds. The lowest BCUT2D eigenvalue weighted by Gasteiger charge is -2.16. The molecule has 0 spiro atoms. The van der Waals surface area contributed by atoms with Gasteiger partial charge in [0.1, 0.15) is 11.4 Å². The van der Waals surface area contributed by atoms with Crippen molar-refractivity contribution in [3.8, 4) is 11.8 Å². The van der Waals surface area contributed by atoms with E-state index in [2.05, 4.69) is 19.7 Å². The van der Waals surface area contributed by atoms with E-state index in [0.29, 0.717) is 24.7 Å². The molecule has 1 N–H and O–H groups in total. The summed E-state index contributed by atoms with van der Waals surface area (Å²) in [5, 5.41) is 2.95. The summed E-state index contributed by atoms with van der Waals surface area (Å²) >= 11 is 0. The topological polar surface area (TPSA) is 81.4 Å². The van der Waals surface area contributed by atoms with E-state index in [9.17, 15) is 4.79 Å². The van der Waals surface area contributed by atoms with Crippen LogP contribution >= 0.6 is 0 Å². The van der Waals surface area contributed by atoms with Crippen molar-refractivity contribution in [1.82, 2.24) is 24.7 Å². The molecule has 1 aromatic carbocycles. The van der Waals surface area contributed by atoms with Crippen molar-refractivity contribution in [3.63, 3.8) is 0 Å². The Hall–Kier alpha value is -3.74. The number of nitrogens with one attached hydrogen (secondary N) is 1. The highest BCUT2D eigenvalue weighted by Gasteiger charge is 2.28. The second-order valence-electron chi connectivity index (χ2n) is 6.61. The quantitative estimate of drug-likeness (QED) is 0.599. The minimum absolute atomic E-state index is 0.0192. The molecule has 4 heterocycles. The molecule has 0 bridgehead atoms. The number of pyridine rings is 1. The number of aromatic nitrogens is 4. The van der Waals surface area contributed by atoms with Gasteiger partial charge in [-0.2, -0.15) is 0 Å². The van der Waals surface area contributed by atoms with Gasteiger partial charge in [-0.3, -0.25) is 4.79 Å². The van der Waals surface area contributed by atoms with Crippen molar-refractivity contribution < 1.29 is 9.53 Å². The van der Waals surface area contributed by atoms with Crippen LogP contribution in [0.1, 0.15) is 29.3 Å². The van der Waals surface area contributed by atoms with Crippen LogP contribution in [0.15, 0.2) is 67.1 Å². The summed E-state index contributed by atoms with van der Waals surface area (Å²) in [4.78, 5) is 25.1. The first kappa shape index (κ1) is 16.4. The molecule has 0 aliphatic carbocycles. The zero-order chi connectivity index (χ0) is 18.9. The lowest BCUT2D eigenvalue weighted by atomic mass is 9.91. The molecule has 138 valence electrons. The first-order chi connectivity index (χ1) is 13.8. The second-order valence-corrected chi connectivity index (χ2v) is 6.61. The van der Waals surface area contributed by atoms with Gasteiger partial charge >= 0.3 is 6.01 Å². The van der Waals surface area contributed by atoms with E-state index in [1.807, 2.05) is 48.7 Å². The maximum atomic E-state index is 12.3. The molecule has 1 atom stereocenters. The van der Waals surface area contributed by atoms with E-state index in [-0.39, 0.29) is 11.8 Å². The number of imidazole rings is 1. The zero-order valence-electron chi connectivity index (χ0n) is 14.9. The summed E-state index contributed by atoms with van der Waals surface area (Å²) in [7, 11) is 0. The smallest absolute Gasteiger partial charge is 0.321 e. The van der Waals surface area contributed by atoms with E-state index < -0.39 is 0 Å². The maximum Gasteiger partial charge on any atom is 0.321 e. The Morgan fingerprint density at radius 2 is 1.86 bits per heavy atom. The van der Waals surface area contributed by atoms with Crippen molar-refractivity contribution in [2.24, 2.45) is 0 Å². The molecule has 7 heteroatoms. The Morgan fingerprint density at radius 1 is 1.04 bits per heavy atom. The largest absolute Gasteiger partial charge is 0.424 e. The third-order valence-electron chi connectivity index (χ3n) is 4.85. The van der Waals surface area contributed by atoms with Gasteiger partial charge in [-0.1, -0.05) is 18.2 Å². The highest BCUT2D eigenvalue weighted by Crippen LogP contribution is 2.34. The molecular weight excluding hydrogens is 354 g/mol. The minimum Gasteiger partial charge on any atom is -0.424 e. The normalized spacial score (nSPS) is 16.3. The van der Waals surface area contributed by atoms with Crippen LogP contribution in [0.25, 0.3) is 5.65 Å². The average molecular weight is 371 g/mol. The van der Waals surface area contributed by atoms with Crippen LogP contribution in [0.4, 0.5) is 0 Å². The van der Waals surface area contributed by atoms with E-state index in [4.69, 9.17) is 9.72 Å². The third-order valence-corrected chi connectivity index (χ3v) is 4.85. The molecule has 0 fully saturated rings. The molecule has 3 aromatic heterocycles. The fourth-order valence-corrected chi connectivity index (χ4v) is 3.59. The number of amides is 1. The van der Waals surface area contributed by atoms with Crippen molar-refractivity contribution in [3.05, 3.63) is 84.1 Å². The summed E-state index contributed by atoms with van der Waals surface area (Å²) in [5.74, 6) is 0.578. The van der Waals surface area contributed by atoms with Crippen LogP contribution < -0.4 is 10.1 Å². The highest BCUT2D eigenvalue weighted by atomic mass is 16.5. The lowest BCUT2D eigenvalue weighted by Crippen LogP contribution is -2.21. The van der Waals surface area contributed by atoms with E-state index in [1.54, 1.807) is 18.5 Å². The van der Waals surface area contributed by atoms with Gasteiger partial charge < -0.3 is 14.5 Å². The molecule has 1 aliphatic heterocycles. The van der Waals surface area contributed by atoms with Crippen LogP contribution in [0.2, 0.25) is 0 Å². The van der Waals surface area contributed by atoms with Gasteiger partial charge in [0.25, 0.3) is 0 Å². The molecule has 0 radical (unpaired) electrons. The van der Waals surface area contributed by atoms with Crippen LogP contribution in [-0.2, 0) is 11.3 Å². The summed E-state index contributed by atoms with van der Waals surface area (Å²) in [6, 6.07) is 15.7. The van der Waals surface area contributed by atoms with E-state index in [0.717, 1.165) is 22.6 Å². The van der Waals surface area contributed by atoms with Gasteiger partial charge in [0.2, 0.25) is 5.91 Å². The second kappa shape index (κ2) is 6.77. The average Bonchev–Trinajstić information content (AvgIpc) is 3.02. The number of rotatable bonds is 3. The van der Waals surface area contributed by atoms with Gasteiger partial charge in [-0.05, 0) is 35.9 Å². The summed E-state index contributed by atoms with van der Waals surface area (Å²) in [6.45, 7) is 0.443. The van der Waals surface area contributed by atoms with E-state index in [1.165, 1.54) is 0 Å². The van der Waals surface area contributed by atoms with Gasteiger partial charge in [-0.15, -0.1) is 0 Å². The Bertz CT molecular complexity index is 1140. The SMILES string of the molecule is O=C1C[C@@H](c2ccc(Oc3ncccn3)cc2)c2c(nc3ccccn23)CN1. The van der Waals surface area contributed by atoms with Gasteiger partial charge in [0, 0.05) is 30.9 Å². The number of fused-ring (bicyclic) bond motifs is 3. The summed E-state index contributed by atoms with van der Waals surface area (Å²) < 4.78 is 7.74. The Kier molecular flexibility index (Phi) is 3.97. The number of hydrogen-bond acceptors (Lipinski definition) is 5. The maximum absolute atomic E-state index is 12.3. The Labute approximate surface area is 161 Å². The zero-order valence-corrected chi connectivity index (χ0v) is 14.9. The standard InChI is InChI=1S/C21H17N5O2/c27-19-12-16(20-17(13-24-19)25-18-4-1-2-11-26(18)20)14-5-7-15(8-6-14)28-21-22-9-3-10-23-21/h1-11,16H,12-13H2,(H,24,27)/t16-/m0/s1. The number of hydrogen-bond donors (Lipinski definition) is 1. The number of ether oxygens (including phenoxy) is 1. The minimum atomic E-state index is -0.0862.